The predicted octanol–water partition coefficient (Wildman–Crippen LogP) is 5.65. The first-order chi connectivity index (χ1) is 14.8. The largest absolute Gasteiger partial charge is 0.481 e. The third-order valence-electron chi connectivity index (χ3n) is 5.33. The van der Waals surface area contributed by atoms with Gasteiger partial charge in [0.05, 0.1) is 34.8 Å². The summed E-state index contributed by atoms with van der Waals surface area (Å²) in [6.45, 7) is 3.78. The molecule has 160 valence electrons. The number of fused-ring (bicyclic) bond motifs is 1. The lowest BCUT2D eigenvalue weighted by atomic mass is 10.0. The SMILES string of the molecule is CCc1cc(F)ccc1N1CN(c2ccc(OC)nc2C)C(=O)c2cc(Cl)c(F)cc21. The molecule has 2 aromatic carbocycles. The molecular formula is C23H20ClF2N3O2. The zero-order valence-corrected chi connectivity index (χ0v) is 18.0. The van der Waals surface area contributed by atoms with Crippen molar-refractivity contribution in [3.8, 4) is 5.88 Å². The molecule has 4 rings (SSSR count). The maximum atomic E-state index is 14.4. The van der Waals surface area contributed by atoms with Crippen molar-refractivity contribution in [1.82, 2.24) is 4.98 Å². The van der Waals surface area contributed by atoms with Gasteiger partial charge in [-0.25, -0.2) is 13.8 Å². The summed E-state index contributed by atoms with van der Waals surface area (Å²) in [4.78, 5) is 21.1. The highest BCUT2D eigenvalue weighted by Gasteiger charge is 2.34. The van der Waals surface area contributed by atoms with E-state index in [2.05, 4.69) is 4.98 Å². The van der Waals surface area contributed by atoms with Crippen molar-refractivity contribution in [2.45, 2.75) is 20.3 Å². The van der Waals surface area contributed by atoms with Gasteiger partial charge in [-0.05, 0) is 55.3 Å². The first-order valence-electron chi connectivity index (χ1n) is 9.72. The van der Waals surface area contributed by atoms with Gasteiger partial charge in [0.15, 0.2) is 0 Å². The van der Waals surface area contributed by atoms with Gasteiger partial charge in [-0.15, -0.1) is 0 Å². The van der Waals surface area contributed by atoms with Crippen LogP contribution in [0.5, 0.6) is 5.88 Å². The fraction of sp³-hybridized carbons (Fsp3) is 0.217. The molecule has 0 N–H and O–H groups in total. The number of aryl methyl sites for hydroxylation is 2. The highest BCUT2D eigenvalue weighted by atomic mass is 35.5. The molecule has 0 aliphatic carbocycles. The summed E-state index contributed by atoms with van der Waals surface area (Å²) in [6.07, 6.45) is 0.562. The van der Waals surface area contributed by atoms with Crippen LogP contribution in [0, 0.1) is 18.6 Å². The number of halogens is 3. The van der Waals surface area contributed by atoms with Crippen LogP contribution in [0.4, 0.5) is 25.8 Å². The number of nitrogens with zero attached hydrogens (tertiary/aromatic N) is 3. The first kappa shape index (κ1) is 21.1. The smallest absolute Gasteiger partial charge is 0.262 e. The van der Waals surface area contributed by atoms with Crippen LogP contribution in [-0.2, 0) is 6.42 Å². The second-order valence-electron chi connectivity index (χ2n) is 7.17. The van der Waals surface area contributed by atoms with Crippen LogP contribution in [-0.4, -0.2) is 24.7 Å². The Hall–Kier alpha value is -3.19. The molecule has 8 heteroatoms. The minimum atomic E-state index is -0.630. The van der Waals surface area contributed by atoms with Crippen molar-refractivity contribution in [2.24, 2.45) is 0 Å². The molecule has 0 radical (unpaired) electrons. The van der Waals surface area contributed by atoms with Gasteiger partial charge in [-0.1, -0.05) is 18.5 Å². The summed E-state index contributed by atoms with van der Waals surface area (Å²) in [5.74, 6) is -0.888. The van der Waals surface area contributed by atoms with Crippen molar-refractivity contribution in [3.05, 3.63) is 75.9 Å². The number of carbonyl (C=O) groups is 1. The van der Waals surface area contributed by atoms with Gasteiger partial charge in [-0.3, -0.25) is 9.69 Å². The van der Waals surface area contributed by atoms with E-state index in [1.807, 2.05) is 6.92 Å². The fourth-order valence-electron chi connectivity index (χ4n) is 3.78. The maximum absolute atomic E-state index is 14.4. The normalized spacial score (nSPS) is 13.4. The summed E-state index contributed by atoms with van der Waals surface area (Å²) in [5.41, 5.74) is 3.23. The molecule has 1 aliphatic heterocycles. The highest BCUT2D eigenvalue weighted by Crippen LogP contribution is 2.40. The van der Waals surface area contributed by atoms with Crippen LogP contribution in [0.25, 0.3) is 0 Å². The van der Waals surface area contributed by atoms with Crippen molar-refractivity contribution < 1.29 is 18.3 Å². The number of carbonyl (C=O) groups excluding carboxylic acids is 1. The third kappa shape index (κ3) is 3.70. The Morgan fingerprint density at radius 2 is 1.81 bits per heavy atom. The number of hydrogen-bond donors (Lipinski definition) is 0. The van der Waals surface area contributed by atoms with Gasteiger partial charge in [0.25, 0.3) is 5.91 Å². The second-order valence-corrected chi connectivity index (χ2v) is 7.58. The first-order valence-corrected chi connectivity index (χ1v) is 10.1. The number of benzene rings is 2. The van der Waals surface area contributed by atoms with Gasteiger partial charge < -0.3 is 9.64 Å². The number of rotatable bonds is 4. The monoisotopic (exact) mass is 443 g/mol. The van der Waals surface area contributed by atoms with Crippen molar-refractivity contribution in [2.75, 3.05) is 23.6 Å². The van der Waals surface area contributed by atoms with E-state index >= 15 is 0 Å². The average molecular weight is 444 g/mol. The Labute approximate surface area is 183 Å². The molecule has 0 unspecified atom stereocenters. The molecule has 2 heterocycles. The Morgan fingerprint density at radius 1 is 1.06 bits per heavy atom. The Bertz CT molecular complexity index is 1190. The van der Waals surface area contributed by atoms with Gasteiger partial charge in [-0.2, -0.15) is 0 Å². The lowest BCUT2D eigenvalue weighted by Crippen LogP contribution is -2.45. The molecule has 0 bridgehead atoms. The van der Waals surface area contributed by atoms with Crippen LogP contribution >= 0.6 is 11.6 Å². The molecule has 31 heavy (non-hydrogen) atoms. The quantitative estimate of drug-likeness (QED) is 0.523. The van der Waals surface area contributed by atoms with Crippen molar-refractivity contribution in [1.29, 1.82) is 0 Å². The molecule has 1 amide bonds. The Balaban J connectivity index is 1.91. The molecular weight excluding hydrogens is 424 g/mol. The lowest BCUT2D eigenvalue weighted by molar-refractivity contribution is 0.0983. The lowest BCUT2D eigenvalue weighted by Gasteiger charge is -2.39. The van der Waals surface area contributed by atoms with E-state index < -0.39 is 5.82 Å². The molecule has 5 nitrogen and oxygen atoms in total. The predicted molar refractivity (Wildman–Crippen MR) is 117 cm³/mol. The molecule has 1 aliphatic rings. The summed E-state index contributed by atoms with van der Waals surface area (Å²) >= 11 is 6.01. The van der Waals surface area contributed by atoms with E-state index in [4.69, 9.17) is 16.3 Å². The van der Waals surface area contributed by atoms with E-state index in [9.17, 15) is 13.6 Å². The summed E-state index contributed by atoms with van der Waals surface area (Å²) in [6, 6.07) is 10.4. The fourth-order valence-corrected chi connectivity index (χ4v) is 3.94. The number of hydrogen-bond acceptors (Lipinski definition) is 4. The van der Waals surface area contributed by atoms with Gasteiger partial charge in [0.1, 0.15) is 18.3 Å². The van der Waals surface area contributed by atoms with Gasteiger partial charge in [0.2, 0.25) is 5.88 Å². The van der Waals surface area contributed by atoms with E-state index in [0.717, 1.165) is 5.56 Å². The van der Waals surface area contributed by atoms with Gasteiger partial charge in [0, 0.05) is 11.8 Å². The number of ether oxygens (including phenoxy) is 1. The van der Waals surface area contributed by atoms with E-state index in [1.54, 1.807) is 34.9 Å². The van der Waals surface area contributed by atoms with Crippen LogP contribution in [0.3, 0.4) is 0 Å². The number of amides is 1. The minimum absolute atomic E-state index is 0.0976. The van der Waals surface area contributed by atoms with Crippen LogP contribution in [0.15, 0.2) is 42.5 Å². The van der Waals surface area contributed by atoms with Crippen LogP contribution in [0.1, 0.15) is 28.5 Å². The maximum Gasteiger partial charge on any atom is 0.262 e. The number of methoxy groups -OCH3 is 1. The summed E-state index contributed by atoms with van der Waals surface area (Å²) in [5, 5.41) is -0.145. The zero-order chi connectivity index (χ0) is 22.3. The van der Waals surface area contributed by atoms with E-state index in [-0.39, 0.29) is 29.0 Å². The molecule has 0 atom stereocenters. The number of anilines is 3. The average Bonchev–Trinajstić information content (AvgIpc) is 2.76. The van der Waals surface area contributed by atoms with E-state index in [1.165, 1.54) is 31.4 Å². The van der Waals surface area contributed by atoms with E-state index in [0.29, 0.717) is 35.1 Å². The summed E-state index contributed by atoms with van der Waals surface area (Å²) in [7, 11) is 1.52. The Morgan fingerprint density at radius 3 is 2.48 bits per heavy atom. The standard InChI is InChI=1S/C23H20ClF2N3O2/c1-4-14-9-15(25)5-6-20(14)28-12-29(19-7-8-22(31-3)27-13(19)2)23(30)16-10-17(24)18(26)11-21(16)28/h5-11H,4,12H2,1-3H3. The number of aromatic nitrogens is 1. The van der Waals surface area contributed by atoms with Crippen molar-refractivity contribution in [3.63, 3.8) is 0 Å². The second kappa shape index (κ2) is 8.15. The molecule has 0 spiro atoms. The number of pyridine rings is 1. The van der Waals surface area contributed by atoms with Crippen LogP contribution < -0.4 is 14.5 Å². The van der Waals surface area contributed by atoms with Crippen molar-refractivity contribution >= 4 is 34.6 Å². The highest BCUT2D eigenvalue weighted by molar-refractivity contribution is 6.31. The minimum Gasteiger partial charge on any atom is -0.481 e. The molecule has 0 fully saturated rings. The summed E-state index contributed by atoms with van der Waals surface area (Å²) < 4.78 is 33.4. The topological polar surface area (TPSA) is 45.7 Å². The molecule has 1 aromatic heterocycles. The Kier molecular flexibility index (Phi) is 5.54. The third-order valence-corrected chi connectivity index (χ3v) is 5.62. The molecule has 3 aromatic rings. The van der Waals surface area contributed by atoms with Gasteiger partial charge >= 0.3 is 0 Å². The molecule has 0 saturated heterocycles. The van der Waals surface area contributed by atoms with Crippen LogP contribution in [0.2, 0.25) is 5.02 Å². The zero-order valence-electron chi connectivity index (χ0n) is 17.2. The molecule has 0 saturated carbocycles.